The van der Waals surface area contributed by atoms with Gasteiger partial charge in [-0.2, -0.15) is 5.10 Å². The lowest BCUT2D eigenvalue weighted by atomic mass is 10.1. The summed E-state index contributed by atoms with van der Waals surface area (Å²) >= 11 is 0. The number of ether oxygens (including phenoxy) is 1. The van der Waals surface area contributed by atoms with Crippen LogP contribution in [0.3, 0.4) is 0 Å². The van der Waals surface area contributed by atoms with E-state index in [4.69, 9.17) is 10.5 Å². The molecule has 160 valence electrons. The van der Waals surface area contributed by atoms with Gasteiger partial charge in [-0.3, -0.25) is 9.48 Å². The van der Waals surface area contributed by atoms with Gasteiger partial charge in [-0.15, -0.1) is 0 Å². The maximum absolute atomic E-state index is 13.5. The number of hydrogen-bond acceptors (Lipinski definition) is 6. The molecule has 3 N–H and O–H groups in total. The molecule has 0 aliphatic heterocycles. The predicted molar refractivity (Wildman–Crippen MR) is 119 cm³/mol. The van der Waals surface area contributed by atoms with Crippen molar-refractivity contribution in [1.29, 1.82) is 0 Å². The van der Waals surface area contributed by atoms with Gasteiger partial charge in [-0.05, 0) is 35.9 Å². The molecule has 9 heteroatoms. The van der Waals surface area contributed by atoms with Gasteiger partial charge in [0.05, 0.1) is 18.3 Å². The summed E-state index contributed by atoms with van der Waals surface area (Å²) in [4.78, 5) is 19.8. The first-order valence-electron chi connectivity index (χ1n) is 9.61. The molecule has 0 fully saturated rings. The second kappa shape index (κ2) is 9.09. The Bertz CT molecular complexity index is 1290. The molecule has 0 atom stereocenters. The molecule has 4 aromatic rings. The molecule has 0 radical (unpaired) electrons. The van der Waals surface area contributed by atoms with Gasteiger partial charge >= 0.3 is 0 Å². The zero-order chi connectivity index (χ0) is 22.5. The number of aromatic nitrogens is 4. The predicted octanol–water partition coefficient (Wildman–Crippen LogP) is 4.03. The third kappa shape index (κ3) is 4.78. The van der Waals surface area contributed by atoms with Crippen LogP contribution in [0.5, 0.6) is 11.6 Å². The summed E-state index contributed by atoms with van der Waals surface area (Å²) in [6.07, 6.45) is 5.85. The first kappa shape index (κ1) is 20.7. The summed E-state index contributed by atoms with van der Waals surface area (Å²) in [5.74, 6) is 0.252. The minimum Gasteiger partial charge on any atom is -0.438 e. The molecule has 0 bridgehead atoms. The molecule has 0 unspecified atom stereocenters. The molecule has 4 rings (SSSR count). The van der Waals surface area contributed by atoms with E-state index in [1.165, 1.54) is 24.5 Å². The van der Waals surface area contributed by atoms with Gasteiger partial charge in [-0.1, -0.05) is 24.8 Å². The van der Waals surface area contributed by atoms with Crippen molar-refractivity contribution in [1.82, 2.24) is 19.7 Å². The van der Waals surface area contributed by atoms with Gasteiger partial charge in [0, 0.05) is 23.5 Å². The third-order valence-corrected chi connectivity index (χ3v) is 4.50. The molecule has 8 nitrogen and oxygen atoms in total. The molecule has 0 saturated carbocycles. The lowest BCUT2D eigenvalue weighted by molar-refractivity contribution is -0.111. The third-order valence-electron chi connectivity index (χ3n) is 4.50. The fourth-order valence-electron chi connectivity index (χ4n) is 3.07. The molecular weight excluding hydrogens is 411 g/mol. The van der Waals surface area contributed by atoms with Crippen molar-refractivity contribution in [3.63, 3.8) is 0 Å². The van der Waals surface area contributed by atoms with E-state index in [1.54, 1.807) is 47.4 Å². The van der Waals surface area contributed by atoms with Crippen LogP contribution in [-0.4, -0.2) is 25.7 Å². The number of halogens is 1. The number of anilines is 2. The number of amides is 1. The number of rotatable bonds is 7. The van der Waals surface area contributed by atoms with Crippen LogP contribution in [0.4, 0.5) is 15.9 Å². The highest BCUT2D eigenvalue weighted by molar-refractivity contribution is 5.98. The highest BCUT2D eigenvalue weighted by atomic mass is 19.1. The number of nitrogen functional groups attached to an aromatic ring is 1. The number of nitrogens with one attached hydrogen (secondary N) is 1. The van der Waals surface area contributed by atoms with Crippen molar-refractivity contribution in [2.24, 2.45) is 0 Å². The SMILES string of the molecule is C=CC(=O)Nc1cccc(Oc2ncnc(N)c2-c2cnn(Cc3cccc(F)c3)c2)c1. The Hall–Kier alpha value is -4.53. The van der Waals surface area contributed by atoms with Crippen LogP contribution in [0.25, 0.3) is 11.1 Å². The van der Waals surface area contributed by atoms with E-state index in [0.29, 0.717) is 29.1 Å². The Morgan fingerprint density at radius 2 is 2.06 bits per heavy atom. The van der Waals surface area contributed by atoms with Gasteiger partial charge in [-0.25, -0.2) is 14.4 Å². The van der Waals surface area contributed by atoms with Crippen molar-refractivity contribution in [2.45, 2.75) is 6.54 Å². The normalized spacial score (nSPS) is 10.5. The van der Waals surface area contributed by atoms with Crippen LogP contribution in [0.15, 0.2) is 79.9 Å². The fourth-order valence-corrected chi connectivity index (χ4v) is 3.07. The first-order valence-corrected chi connectivity index (χ1v) is 9.61. The van der Waals surface area contributed by atoms with Gasteiger partial charge in [0.2, 0.25) is 11.8 Å². The van der Waals surface area contributed by atoms with Gasteiger partial charge in [0.15, 0.2) is 0 Å². The minimum atomic E-state index is -0.333. The van der Waals surface area contributed by atoms with E-state index in [0.717, 1.165) is 5.56 Å². The van der Waals surface area contributed by atoms with Crippen molar-refractivity contribution in [2.75, 3.05) is 11.1 Å². The maximum Gasteiger partial charge on any atom is 0.247 e. The molecular formula is C23H19FN6O2. The number of carbonyl (C=O) groups is 1. The smallest absolute Gasteiger partial charge is 0.247 e. The lowest BCUT2D eigenvalue weighted by Crippen LogP contribution is -2.07. The molecule has 0 aliphatic carbocycles. The van der Waals surface area contributed by atoms with Crippen LogP contribution in [-0.2, 0) is 11.3 Å². The molecule has 2 heterocycles. The highest BCUT2D eigenvalue weighted by Gasteiger charge is 2.16. The number of hydrogen-bond donors (Lipinski definition) is 2. The molecule has 0 saturated heterocycles. The van der Waals surface area contributed by atoms with E-state index in [9.17, 15) is 9.18 Å². The van der Waals surface area contributed by atoms with E-state index >= 15 is 0 Å². The summed E-state index contributed by atoms with van der Waals surface area (Å²) in [6.45, 7) is 3.82. The van der Waals surface area contributed by atoms with Crippen molar-refractivity contribution in [3.8, 4) is 22.8 Å². The zero-order valence-electron chi connectivity index (χ0n) is 16.9. The number of benzene rings is 2. The largest absolute Gasteiger partial charge is 0.438 e. The average molecular weight is 430 g/mol. The van der Waals surface area contributed by atoms with Gasteiger partial charge < -0.3 is 15.8 Å². The number of carbonyl (C=O) groups excluding carboxylic acids is 1. The summed E-state index contributed by atoms with van der Waals surface area (Å²) in [7, 11) is 0. The number of nitrogens with zero attached hydrogens (tertiary/aromatic N) is 4. The Morgan fingerprint density at radius 1 is 1.22 bits per heavy atom. The molecule has 2 aromatic carbocycles. The molecule has 2 aromatic heterocycles. The molecule has 0 aliphatic rings. The van der Waals surface area contributed by atoms with Crippen LogP contribution >= 0.6 is 0 Å². The second-order valence-electron chi connectivity index (χ2n) is 6.82. The summed E-state index contributed by atoms with van der Waals surface area (Å²) in [5, 5.41) is 7.01. The average Bonchev–Trinajstić information content (AvgIpc) is 3.22. The minimum absolute atomic E-state index is 0.219. The topological polar surface area (TPSA) is 108 Å². The van der Waals surface area contributed by atoms with Crippen molar-refractivity contribution in [3.05, 3.63) is 91.3 Å². The number of nitrogens with two attached hydrogens (primary N) is 1. The first-order chi connectivity index (χ1) is 15.5. The summed E-state index contributed by atoms with van der Waals surface area (Å²) < 4.78 is 21.1. The van der Waals surface area contributed by atoms with Crippen LogP contribution in [0, 0.1) is 5.82 Å². The molecule has 0 spiro atoms. The molecule has 32 heavy (non-hydrogen) atoms. The summed E-state index contributed by atoms with van der Waals surface area (Å²) in [6, 6.07) is 13.1. The van der Waals surface area contributed by atoms with Crippen molar-refractivity contribution < 1.29 is 13.9 Å². The Labute approximate surface area is 183 Å². The van der Waals surface area contributed by atoms with Crippen LogP contribution in [0.1, 0.15) is 5.56 Å². The van der Waals surface area contributed by atoms with E-state index in [1.807, 2.05) is 6.07 Å². The lowest BCUT2D eigenvalue weighted by Gasteiger charge is -2.11. The molecule has 1 amide bonds. The fraction of sp³-hybridized carbons (Fsp3) is 0.0435. The van der Waals surface area contributed by atoms with Crippen LogP contribution < -0.4 is 15.8 Å². The highest BCUT2D eigenvalue weighted by Crippen LogP contribution is 2.35. The van der Waals surface area contributed by atoms with Crippen molar-refractivity contribution >= 4 is 17.4 Å². The van der Waals surface area contributed by atoms with Gasteiger partial charge in [0.1, 0.15) is 23.7 Å². The van der Waals surface area contributed by atoms with E-state index in [-0.39, 0.29) is 23.4 Å². The Kier molecular flexibility index (Phi) is 5.89. The van der Waals surface area contributed by atoms with E-state index < -0.39 is 0 Å². The second-order valence-corrected chi connectivity index (χ2v) is 6.82. The van der Waals surface area contributed by atoms with Crippen LogP contribution in [0.2, 0.25) is 0 Å². The Morgan fingerprint density at radius 3 is 2.88 bits per heavy atom. The quantitative estimate of drug-likeness (QED) is 0.429. The standard InChI is InChI=1S/C23H19FN6O2/c1-2-20(31)29-18-7-4-8-19(10-18)32-23-21(22(25)26-14-27-23)16-11-28-30(13-16)12-15-5-3-6-17(24)9-15/h2-11,13-14H,1,12H2,(H,29,31)(H2,25,26,27). The monoisotopic (exact) mass is 430 g/mol. The Balaban J connectivity index is 1.61. The van der Waals surface area contributed by atoms with Gasteiger partial charge in [0.25, 0.3) is 0 Å². The zero-order valence-corrected chi connectivity index (χ0v) is 16.9. The maximum atomic E-state index is 13.5. The summed E-state index contributed by atoms with van der Waals surface area (Å²) in [5.41, 5.74) is 8.54. The van der Waals surface area contributed by atoms with E-state index in [2.05, 4.69) is 27.0 Å².